The molecule has 2 nitrogen and oxygen atoms in total. The van der Waals surface area contributed by atoms with E-state index in [1.165, 1.54) is 0 Å². The lowest BCUT2D eigenvalue weighted by Gasteiger charge is -2.09. The highest BCUT2D eigenvalue weighted by atomic mass is 16.3. The van der Waals surface area contributed by atoms with Crippen molar-refractivity contribution >= 4 is 11.0 Å². The van der Waals surface area contributed by atoms with Gasteiger partial charge < -0.3 is 9.52 Å². The fourth-order valence-electron chi connectivity index (χ4n) is 1.87. The van der Waals surface area contributed by atoms with Gasteiger partial charge in [-0.1, -0.05) is 25.1 Å². The molecule has 80 valence electrons. The first-order valence-electron chi connectivity index (χ1n) is 5.33. The zero-order valence-corrected chi connectivity index (χ0v) is 9.10. The molecule has 0 fully saturated rings. The van der Waals surface area contributed by atoms with Crippen LogP contribution in [0.5, 0.6) is 0 Å². The van der Waals surface area contributed by atoms with Crippen molar-refractivity contribution < 1.29 is 9.52 Å². The number of aliphatic hydroxyl groups excluding tert-OH is 1. The van der Waals surface area contributed by atoms with Gasteiger partial charge in [-0.15, -0.1) is 0 Å². The van der Waals surface area contributed by atoms with Gasteiger partial charge in [0, 0.05) is 11.3 Å². The molecule has 0 amide bonds. The minimum absolute atomic E-state index is 0.261. The Labute approximate surface area is 89.5 Å². The second-order valence-corrected chi connectivity index (χ2v) is 4.17. The van der Waals surface area contributed by atoms with E-state index in [2.05, 4.69) is 13.0 Å². The highest BCUT2D eigenvalue weighted by Crippen LogP contribution is 2.27. The Bertz CT molecular complexity index is 409. The maximum atomic E-state index is 9.32. The van der Waals surface area contributed by atoms with E-state index in [0.717, 1.165) is 23.2 Å². The van der Waals surface area contributed by atoms with Crippen molar-refractivity contribution in [3.63, 3.8) is 0 Å². The van der Waals surface area contributed by atoms with Crippen molar-refractivity contribution in [3.05, 3.63) is 36.1 Å². The summed E-state index contributed by atoms with van der Waals surface area (Å²) >= 11 is 0. The standard InChI is InChI=1S/C13H16O2/c1-9(7-10(2)14)13-8-11-5-3-4-6-12(11)15-13/h3-6,8-10,14H,7H2,1-2H3. The Morgan fingerprint density at radius 2 is 2.00 bits per heavy atom. The number of rotatable bonds is 3. The van der Waals surface area contributed by atoms with Crippen LogP contribution < -0.4 is 0 Å². The summed E-state index contributed by atoms with van der Waals surface area (Å²) in [6.45, 7) is 3.88. The van der Waals surface area contributed by atoms with Crippen LogP contribution in [0.3, 0.4) is 0 Å². The van der Waals surface area contributed by atoms with Crippen LogP contribution in [0.25, 0.3) is 11.0 Å². The summed E-state index contributed by atoms with van der Waals surface area (Å²) in [6, 6.07) is 10.0. The lowest BCUT2D eigenvalue weighted by Crippen LogP contribution is -2.04. The molecule has 0 spiro atoms. The van der Waals surface area contributed by atoms with Gasteiger partial charge in [-0.05, 0) is 25.5 Å². The minimum Gasteiger partial charge on any atom is -0.461 e. The molecule has 1 aromatic carbocycles. The average Bonchev–Trinajstić information content (AvgIpc) is 2.59. The van der Waals surface area contributed by atoms with Crippen LogP contribution in [0.1, 0.15) is 31.9 Å². The van der Waals surface area contributed by atoms with Crippen molar-refractivity contribution in [2.75, 3.05) is 0 Å². The zero-order chi connectivity index (χ0) is 10.8. The largest absolute Gasteiger partial charge is 0.461 e. The molecule has 1 heterocycles. The third-order valence-electron chi connectivity index (χ3n) is 2.62. The van der Waals surface area contributed by atoms with E-state index in [-0.39, 0.29) is 12.0 Å². The Morgan fingerprint density at radius 1 is 1.27 bits per heavy atom. The number of aliphatic hydroxyl groups is 1. The molecule has 2 atom stereocenters. The Kier molecular flexibility index (Phi) is 2.78. The van der Waals surface area contributed by atoms with Gasteiger partial charge in [-0.2, -0.15) is 0 Å². The first kappa shape index (κ1) is 10.2. The van der Waals surface area contributed by atoms with Gasteiger partial charge in [-0.25, -0.2) is 0 Å². The molecule has 2 aromatic rings. The summed E-state index contributed by atoms with van der Waals surface area (Å²) in [7, 11) is 0. The molecule has 2 heteroatoms. The van der Waals surface area contributed by atoms with Crippen molar-refractivity contribution in [2.45, 2.75) is 32.3 Å². The summed E-state index contributed by atoms with van der Waals surface area (Å²) in [4.78, 5) is 0. The summed E-state index contributed by atoms with van der Waals surface area (Å²) in [6.07, 6.45) is 0.452. The van der Waals surface area contributed by atoms with E-state index in [1.54, 1.807) is 6.92 Å². The third kappa shape index (κ3) is 2.21. The smallest absolute Gasteiger partial charge is 0.134 e. The molecule has 0 saturated carbocycles. The van der Waals surface area contributed by atoms with Gasteiger partial charge in [0.05, 0.1) is 6.10 Å². The predicted molar refractivity (Wildman–Crippen MR) is 60.9 cm³/mol. The van der Waals surface area contributed by atoms with Gasteiger partial charge in [0.2, 0.25) is 0 Å². The van der Waals surface area contributed by atoms with Crippen molar-refractivity contribution in [1.82, 2.24) is 0 Å². The quantitative estimate of drug-likeness (QED) is 0.832. The molecule has 0 aliphatic heterocycles. The summed E-state index contributed by atoms with van der Waals surface area (Å²) in [5.41, 5.74) is 0.921. The van der Waals surface area contributed by atoms with Gasteiger partial charge in [0.15, 0.2) is 0 Å². The maximum absolute atomic E-state index is 9.32. The zero-order valence-electron chi connectivity index (χ0n) is 9.10. The van der Waals surface area contributed by atoms with Gasteiger partial charge >= 0.3 is 0 Å². The van der Waals surface area contributed by atoms with Crippen LogP contribution in [-0.4, -0.2) is 11.2 Å². The van der Waals surface area contributed by atoms with E-state index in [4.69, 9.17) is 4.42 Å². The van der Waals surface area contributed by atoms with Crippen LogP contribution in [0.2, 0.25) is 0 Å². The minimum atomic E-state index is -0.284. The average molecular weight is 204 g/mol. The topological polar surface area (TPSA) is 33.4 Å². The molecule has 0 bridgehead atoms. The van der Waals surface area contributed by atoms with Gasteiger partial charge in [0.25, 0.3) is 0 Å². The van der Waals surface area contributed by atoms with Crippen molar-refractivity contribution in [1.29, 1.82) is 0 Å². The van der Waals surface area contributed by atoms with E-state index in [0.29, 0.717) is 0 Å². The normalized spacial score (nSPS) is 15.4. The highest BCUT2D eigenvalue weighted by molar-refractivity contribution is 5.77. The summed E-state index contributed by atoms with van der Waals surface area (Å²) < 4.78 is 5.72. The molecule has 15 heavy (non-hydrogen) atoms. The van der Waals surface area contributed by atoms with E-state index in [9.17, 15) is 5.11 Å². The van der Waals surface area contributed by atoms with E-state index < -0.39 is 0 Å². The number of benzene rings is 1. The second kappa shape index (κ2) is 4.07. The first-order valence-corrected chi connectivity index (χ1v) is 5.33. The molecule has 2 unspecified atom stereocenters. The number of furan rings is 1. The Balaban J connectivity index is 2.28. The van der Waals surface area contributed by atoms with Gasteiger partial charge in [-0.3, -0.25) is 0 Å². The van der Waals surface area contributed by atoms with Crippen LogP contribution in [0.4, 0.5) is 0 Å². The number of hydrogen-bond donors (Lipinski definition) is 1. The molecule has 1 N–H and O–H groups in total. The molecular weight excluding hydrogens is 188 g/mol. The summed E-state index contributed by atoms with van der Waals surface area (Å²) in [5.74, 6) is 1.22. The third-order valence-corrected chi connectivity index (χ3v) is 2.62. The molecule has 0 saturated heterocycles. The first-order chi connectivity index (χ1) is 7.16. The SMILES string of the molecule is CC(O)CC(C)c1cc2ccccc2o1. The second-order valence-electron chi connectivity index (χ2n) is 4.17. The number of fused-ring (bicyclic) bond motifs is 1. The molecular formula is C13H16O2. The van der Waals surface area contributed by atoms with Crippen LogP contribution in [0.15, 0.2) is 34.7 Å². The Hall–Kier alpha value is -1.28. The molecule has 0 radical (unpaired) electrons. The Morgan fingerprint density at radius 3 is 2.67 bits per heavy atom. The number of hydrogen-bond acceptors (Lipinski definition) is 2. The molecule has 0 aliphatic carbocycles. The molecule has 2 rings (SSSR count). The highest BCUT2D eigenvalue weighted by Gasteiger charge is 2.13. The number of para-hydroxylation sites is 1. The predicted octanol–water partition coefficient (Wildman–Crippen LogP) is 3.31. The van der Waals surface area contributed by atoms with E-state index in [1.807, 2.05) is 24.3 Å². The fourth-order valence-corrected chi connectivity index (χ4v) is 1.87. The summed E-state index contributed by atoms with van der Waals surface area (Å²) in [5, 5.41) is 10.4. The molecule has 0 aliphatic rings. The van der Waals surface area contributed by atoms with Crippen molar-refractivity contribution in [3.8, 4) is 0 Å². The van der Waals surface area contributed by atoms with Gasteiger partial charge in [0.1, 0.15) is 11.3 Å². The van der Waals surface area contributed by atoms with Crippen LogP contribution in [-0.2, 0) is 0 Å². The molecule has 1 aromatic heterocycles. The van der Waals surface area contributed by atoms with Crippen LogP contribution >= 0.6 is 0 Å². The van der Waals surface area contributed by atoms with E-state index >= 15 is 0 Å². The monoisotopic (exact) mass is 204 g/mol. The van der Waals surface area contributed by atoms with Crippen molar-refractivity contribution in [2.24, 2.45) is 0 Å². The fraction of sp³-hybridized carbons (Fsp3) is 0.385. The lowest BCUT2D eigenvalue weighted by molar-refractivity contribution is 0.173. The van der Waals surface area contributed by atoms with Crippen LogP contribution in [0, 0.1) is 0 Å². The lowest BCUT2D eigenvalue weighted by atomic mass is 10.0. The maximum Gasteiger partial charge on any atom is 0.134 e.